The molecule has 1 N–H and O–H groups in total. The van der Waals surface area contributed by atoms with Gasteiger partial charge in [0, 0.05) is 26.8 Å². The van der Waals surface area contributed by atoms with E-state index in [-0.39, 0.29) is 11.9 Å². The number of furan rings is 1. The fraction of sp³-hybridized carbons (Fsp3) is 0.471. The number of carbonyl (C=O) groups is 1. The first-order chi connectivity index (χ1) is 11.3. The van der Waals surface area contributed by atoms with Crippen LogP contribution in [0.15, 0.2) is 22.7 Å². The zero-order valence-corrected chi connectivity index (χ0v) is 15.1. The van der Waals surface area contributed by atoms with Gasteiger partial charge in [-0.1, -0.05) is 0 Å². The van der Waals surface area contributed by atoms with Gasteiger partial charge in [-0.05, 0) is 40.1 Å². The first kappa shape index (κ1) is 17.9. The Hall–Kier alpha value is -2.41. The number of nitrogens with one attached hydrogen (secondary N) is 1. The van der Waals surface area contributed by atoms with E-state index in [1.807, 2.05) is 59.1 Å². The minimum absolute atomic E-state index is 0.0371. The Labute approximate surface area is 142 Å². The Balaban J connectivity index is 2.08. The summed E-state index contributed by atoms with van der Waals surface area (Å²) in [6.45, 7) is 4.15. The molecule has 0 aliphatic rings. The molecule has 7 nitrogen and oxygen atoms in total. The van der Waals surface area contributed by atoms with Gasteiger partial charge in [0.2, 0.25) is 5.95 Å². The van der Waals surface area contributed by atoms with Gasteiger partial charge in [-0.3, -0.25) is 9.69 Å². The van der Waals surface area contributed by atoms with Crippen molar-refractivity contribution in [3.05, 3.63) is 41.1 Å². The summed E-state index contributed by atoms with van der Waals surface area (Å²) in [4.78, 5) is 24.8. The van der Waals surface area contributed by atoms with Crippen molar-refractivity contribution >= 4 is 11.9 Å². The number of hydrogen-bond donors (Lipinski definition) is 1. The molecule has 0 saturated carbocycles. The van der Waals surface area contributed by atoms with Crippen LogP contribution in [0.1, 0.15) is 33.6 Å². The predicted octanol–water partition coefficient (Wildman–Crippen LogP) is 1.79. The number of anilines is 1. The number of aryl methyl sites for hydroxylation is 2. The van der Waals surface area contributed by atoms with Crippen molar-refractivity contribution in [1.82, 2.24) is 20.2 Å². The lowest BCUT2D eigenvalue weighted by Crippen LogP contribution is -2.35. The first-order valence-electron chi connectivity index (χ1n) is 7.81. The first-order valence-corrected chi connectivity index (χ1v) is 7.81. The van der Waals surface area contributed by atoms with Crippen LogP contribution in [0.25, 0.3) is 0 Å². The molecule has 0 bridgehead atoms. The molecule has 0 aliphatic heterocycles. The SMILES string of the molecule is Cc1ccc([C@@H](CNC(=O)c2cnc(N(C)C)nc2C)N(C)C)o1. The van der Waals surface area contributed by atoms with Crippen LogP contribution >= 0.6 is 0 Å². The summed E-state index contributed by atoms with van der Waals surface area (Å²) in [6, 6.07) is 3.82. The summed E-state index contributed by atoms with van der Waals surface area (Å²) in [7, 11) is 7.63. The van der Waals surface area contributed by atoms with E-state index < -0.39 is 0 Å². The van der Waals surface area contributed by atoms with Crippen LogP contribution < -0.4 is 10.2 Å². The van der Waals surface area contributed by atoms with Crippen LogP contribution in [0.4, 0.5) is 5.95 Å². The maximum atomic E-state index is 12.5. The minimum Gasteiger partial charge on any atom is -0.465 e. The van der Waals surface area contributed by atoms with E-state index in [1.165, 1.54) is 0 Å². The lowest BCUT2D eigenvalue weighted by Gasteiger charge is -2.22. The summed E-state index contributed by atoms with van der Waals surface area (Å²) in [5, 5.41) is 2.94. The third kappa shape index (κ3) is 4.11. The maximum absolute atomic E-state index is 12.5. The molecular formula is C17H25N5O2. The summed E-state index contributed by atoms with van der Waals surface area (Å²) in [6.07, 6.45) is 1.56. The number of hydrogen-bond acceptors (Lipinski definition) is 6. The van der Waals surface area contributed by atoms with E-state index >= 15 is 0 Å². The summed E-state index contributed by atoms with van der Waals surface area (Å²) in [5.41, 5.74) is 1.13. The van der Waals surface area contributed by atoms with Gasteiger partial charge in [-0.15, -0.1) is 0 Å². The standard InChI is InChI=1S/C17H25N5O2/c1-11-7-8-15(24-11)14(21(3)4)10-18-16(23)13-9-19-17(22(5)6)20-12(13)2/h7-9,14H,10H2,1-6H3,(H,18,23)/t14-/m1/s1. The second kappa shape index (κ2) is 7.44. The zero-order chi connectivity index (χ0) is 17.9. The van der Waals surface area contributed by atoms with Crippen LogP contribution in [0.3, 0.4) is 0 Å². The van der Waals surface area contributed by atoms with E-state index in [2.05, 4.69) is 15.3 Å². The van der Waals surface area contributed by atoms with E-state index in [0.29, 0.717) is 23.8 Å². The second-order valence-corrected chi connectivity index (χ2v) is 6.20. The second-order valence-electron chi connectivity index (χ2n) is 6.20. The topological polar surface area (TPSA) is 74.5 Å². The molecule has 0 fully saturated rings. The maximum Gasteiger partial charge on any atom is 0.254 e. The molecule has 2 rings (SSSR count). The van der Waals surface area contributed by atoms with Crippen molar-refractivity contribution in [3.63, 3.8) is 0 Å². The number of aromatic nitrogens is 2. The monoisotopic (exact) mass is 331 g/mol. The number of rotatable bonds is 6. The fourth-order valence-electron chi connectivity index (χ4n) is 2.35. The van der Waals surface area contributed by atoms with E-state index in [4.69, 9.17) is 4.42 Å². The van der Waals surface area contributed by atoms with Gasteiger partial charge in [-0.2, -0.15) is 0 Å². The molecule has 7 heteroatoms. The van der Waals surface area contributed by atoms with Gasteiger partial charge in [0.25, 0.3) is 5.91 Å². The highest BCUT2D eigenvalue weighted by Gasteiger charge is 2.20. The molecule has 1 amide bonds. The molecule has 0 aliphatic carbocycles. The van der Waals surface area contributed by atoms with Gasteiger partial charge in [0.15, 0.2) is 0 Å². The summed E-state index contributed by atoms with van der Waals surface area (Å²) >= 11 is 0. The Kier molecular flexibility index (Phi) is 5.56. The largest absolute Gasteiger partial charge is 0.465 e. The van der Waals surface area contributed by atoms with Gasteiger partial charge < -0.3 is 14.6 Å². The number of likely N-dealkylation sites (N-methyl/N-ethyl adjacent to an activating group) is 1. The normalized spacial score (nSPS) is 12.3. The Morgan fingerprint density at radius 2 is 1.96 bits per heavy atom. The zero-order valence-electron chi connectivity index (χ0n) is 15.1. The summed E-state index contributed by atoms with van der Waals surface area (Å²) < 4.78 is 5.69. The Bertz CT molecular complexity index is 709. The third-order valence-corrected chi connectivity index (χ3v) is 3.78. The lowest BCUT2D eigenvalue weighted by atomic mass is 10.2. The van der Waals surface area contributed by atoms with Crippen LogP contribution in [0.2, 0.25) is 0 Å². The third-order valence-electron chi connectivity index (χ3n) is 3.78. The molecule has 130 valence electrons. The van der Waals surface area contributed by atoms with Crippen molar-refractivity contribution in [2.75, 3.05) is 39.6 Å². The van der Waals surface area contributed by atoms with Crippen molar-refractivity contribution < 1.29 is 9.21 Å². The Morgan fingerprint density at radius 3 is 2.46 bits per heavy atom. The predicted molar refractivity (Wildman–Crippen MR) is 93.3 cm³/mol. The lowest BCUT2D eigenvalue weighted by molar-refractivity contribution is 0.0937. The highest BCUT2D eigenvalue weighted by Crippen LogP contribution is 2.20. The molecular weight excluding hydrogens is 306 g/mol. The molecule has 24 heavy (non-hydrogen) atoms. The van der Waals surface area contributed by atoms with E-state index in [9.17, 15) is 4.79 Å². The Morgan fingerprint density at radius 1 is 1.25 bits per heavy atom. The van der Waals surface area contributed by atoms with Gasteiger partial charge in [0.05, 0.1) is 17.3 Å². The minimum atomic E-state index is -0.187. The molecule has 0 unspecified atom stereocenters. The van der Waals surface area contributed by atoms with Crippen molar-refractivity contribution in [3.8, 4) is 0 Å². The molecule has 1 atom stereocenters. The molecule has 0 spiro atoms. The highest BCUT2D eigenvalue weighted by molar-refractivity contribution is 5.95. The van der Waals surface area contributed by atoms with Gasteiger partial charge in [0.1, 0.15) is 11.5 Å². The van der Waals surface area contributed by atoms with Gasteiger partial charge in [-0.25, -0.2) is 9.97 Å². The average molecular weight is 331 g/mol. The molecule has 0 saturated heterocycles. The number of amides is 1. The van der Waals surface area contributed by atoms with Crippen LogP contribution in [0.5, 0.6) is 0 Å². The molecule has 2 heterocycles. The molecule has 0 radical (unpaired) electrons. The highest BCUT2D eigenvalue weighted by atomic mass is 16.3. The van der Waals surface area contributed by atoms with Gasteiger partial charge >= 0.3 is 0 Å². The number of nitrogens with zero attached hydrogens (tertiary/aromatic N) is 4. The van der Waals surface area contributed by atoms with Crippen LogP contribution in [0, 0.1) is 13.8 Å². The van der Waals surface area contributed by atoms with E-state index in [1.54, 1.807) is 11.1 Å². The average Bonchev–Trinajstić information content (AvgIpc) is 2.92. The molecule has 2 aromatic heterocycles. The van der Waals surface area contributed by atoms with Crippen LogP contribution in [-0.2, 0) is 0 Å². The van der Waals surface area contributed by atoms with Crippen LogP contribution in [-0.4, -0.2) is 55.5 Å². The number of carbonyl (C=O) groups excluding carboxylic acids is 1. The smallest absolute Gasteiger partial charge is 0.254 e. The van der Waals surface area contributed by atoms with Crippen molar-refractivity contribution in [2.45, 2.75) is 19.9 Å². The van der Waals surface area contributed by atoms with Crippen molar-refractivity contribution in [1.29, 1.82) is 0 Å². The molecule has 0 aromatic carbocycles. The summed E-state index contributed by atoms with van der Waals surface area (Å²) in [5.74, 6) is 2.08. The van der Waals surface area contributed by atoms with Crippen molar-refractivity contribution in [2.24, 2.45) is 0 Å². The van der Waals surface area contributed by atoms with E-state index in [0.717, 1.165) is 11.5 Å². The molecule has 2 aromatic rings. The quantitative estimate of drug-likeness (QED) is 0.870. The fourth-order valence-corrected chi connectivity index (χ4v) is 2.35.